The number of carbonyl (C=O) groups excluding carboxylic acids is 3. The number of nitrogens with one attached hydrogen (secondary N) is 1. The zero-order chi connectivity index (χ0) is 19.6. The third-order valence-corrected chi connectivity index (χ3v) is 5.35. The predicted octanol–water partition coefficient (Wildman–Crippen LogP) is 1.16. The van der Waals surface area contributed by atoms with Gasteiger partial charge in [0.1, 0.15) is 6.54 Å². The minimum atomic E-state index is -0.0854. The number of rotatable bonds is 5. The Morgan fingerprint density at radius 3 is 2.48 bits per heavy atom. The van der Waals surface area contributed by atoms with Crippen molar-refractivity contribution in [2.24, 2.45) is 5.92 Å². The lowest BCUT2D eigenvalue weighted by molar-refractivity contribution is -0.145. The van der Waals surface area contributed by atoms with E-state index in [1.165, 1.54) is 6.92 Å². The number of fused-ring (bicyclic) bond motifs is 4. The Morgan fingerprint density at radius 1 is 1.15 bits per heavy atom. The minimum Gasteiger partial charge on any atom is -0.347 e. The molecule has 3 fully saturated rings. The van der Waals surface area contributed by atoms with Gasteiger partial charge >= 0.3 is 0 Å². The van der Waals surface area contributed by atoms with Gasteiger partial charge in [-0.2, -0.15) is 0 Å². The second-order valence-corrected chi connectivity index (χ2v) is 7.75. The number of carbonyl (C=O) groups is 3. The van der Waals surface area contributed by atoms with Crippen molar-refractivity contribution in [1.29, 1.82) is 0 Å². The quantitative estimate of drug-likeness (QED) is 0.842. The summed E-state index contributed by atoms with van der Waals surface area (Å²) in [5.74, 6) is -0.0314. The maximum Gasteiger partial charge on any atom is 0.241 e. The van der Waals surface area contributed by atoms with Crippen molar-refractivity contribution < 1.29 is 14.4 Å². The summed E-state index contributed by atoms with van der Waals surface area (Å²) < 4.78 is 0. The molecule has 2 atom stereocenters. The van der Waals surface area contributed by atoms with E-state index in [-0.39, 0.29) is 36.2 Å². The fourth-order valence-electron chi connectivity index (χ4n) is 3.91. The van der Waals surface area contributed by atoms with Crippen molar-refractivity contribution in [2.45, 2.75) is 32.4 Å². The molecule has 27 heavy (non-hydrogen) atoms. The Kier molecular flexibility index (Phi) is 5.79. The highest BCUT2D eigenvalue weighted by molar-refractivity contribution is 5.88. The number of likely N-dealkylation sites (N-methyl/N-ethyl adjacent to an activating group) is 1. The highest BCUT2D eigenvalue weighted by Gasteiger charge is 2.41. The van der Waals surface area contributed by atoms with Gasteiger partial charge in [0.2, 0.25) is 17.7 Å². The summed E-state index contributed by atoms with van der Waals surface area (Å²) in [5, 5.41) is 2.77. The maximum absolute atomic E-state index is 12.8. The lowest BCUT2D eigenvalue weighted by Gasteiger charge is -2.36. The molecule has 7 heteroatoms. The van der Waals surface area contributed by atoms with Crippen molar-refractivity contribution in [3.63, 3.8) is 0 Å². The van der Waals surface area contributed by atoms with Crippen LogP contribution in [-0.4, -0.2) is 72.2 Å². The molecule has 0 radical (unpaired) electrons. The molecule has 3 aliphatic heterocycles. The van der Waals surface area contributed by atoms with E-state index in [1.807, 2.05) is 24.3 Å². The first-order valence-electron chi connectivity index (χ1n) is 9.43. The summed E-state index contributed by atoms with van der Waals surface area (Å²) in [7, 11) is 3.44. The van der Waals surface area contributed by atoms with Crippen LogP contribution in [0.4, 0.5) is 5.69 Å². The van der Waals surface area contributed by atoms with Gasteiger partial charge < -0.3 is 15.1 Å². The fourth-order valence-corrected chi connectivity index (χ4v) is 3.91. The Bertz CT molecular complexity index is 716. The molecule has 3 amide bonds. The molecule has 146 valence electrons. The van der Waals surface area contributed by atoms with Crippen LogP contribution in [0.25, 0.3) is 0 Å². The number of benzene rings is 1. The number of hydrogen-bond acceptors (Lipinski definition) is 4. The van der Waals surface area contributed by atoms with Gasteiger partial charge in [0, 0.05) is 52.4 Å². The van der Waals surface area contributed by atoms with Crippen molar-refractivity contribution in [1.82, 2.24) is 14.7 Å². The lowest BCUT2D eigenvalue weighted by atomic mass is 9.94. The van der Waals surface area contributed by atoms with Crippen molar-refractivity contribution >= 4 is 23.4 Å². The summed E-state index contributed by atoms with van der Waals surface area (Å²) in [6.45, 7) is 3.94. The summed E-state index contributed by atoms with van der Waals surface area (Å²) in [6, 6.07) is 7.91. The van der Waals surface area contributed by atoms with Gasteiger partial charge in [-0.3, -0.25) is 19.3 Å². The predicted molar refractivity (Wildman–Crippen MR) is 103 cm³/mol. The van der Waals surface area contributed by atoms with E-state index in [4.69, 9.17) is 0 Å². The van der Waals surface area contributed by atoms with Crippen LogP contribution in [0.3, 0.4) is 0 Å². The van der Waals surface area contributed by atoms with Crippen LogP contribution in [0.15, 0.2) is 24.3 Å². The summed E-state index contributed by atoms with van der Waals surface area (Å²) in [4.78, 5) is 41.7. The zero-order valence-electron chi connectivity index (χ0n) is 16.3. The van der Waals surface area contributed by atoms with Gasteiger partial charge in [0.15, 0.2) is 0 Å². The van der Waals surface area contributed by atoms with E-state index >= 15 is 0 Å². The average molecular weight is 372 g/mol. The van der Waals surface area contributed by atoms with Gasteiger partial charge in [-0.1, -0.05) is 12.1 Å². The molecule has 1 N–H and O–H groups in total. The van der Waals surface area contributed by atoms with Gasteiger partial charge in [-0.25, -0.2) is 0 Å². The molecule has 4 rings (SSSR count). The van der Waals surface area contributed by atoms with Crippen LogP contribution in [0.1, 0.15) is 25.3 Å². The Morgan fingerprint density at radius 2 is 1.85 bits per heavy atom. The molecular formula is C20H28N4O3. The van der Waals surface area contributed by atoms with E-state index in [9.17, 15) is 14.4 Å². The molecule has 1 aromatic carbocycles. The molecule has 3 aliphatic rings. The van der Waals surface area contributed by atoms with Gasteiger partial charge in [0.05, 0.1) is 5.92 Å². The molecular weight excluding hydrogens is 344 g/mol. The first-order chi connectivity index (χ1) is 12.8. The first kappa shape index (κ1) is 19.4. The van der Waals surface area contributed by atoms with Crippen LogP contribution < -0.4 is 5.32 Å². The van der Waals surface area contributed by atoms with E-state index < -0.39 is 0 Å². The Hall–Kier alpha value is -2.41. The monoisotopic (exact) mass is 372 g/mol. The molecule has 0 spiro atoms. The van der Waals surface area contributed by atoms with Crippen LogP contribution in [0, 0.1) is 5.92 Å². The number of hydrogen-bond donors (Lipinski definition) is 1. The Balaban J connectivity index is 1.66. The normalized spacial score (nSPS) is 22.5. The maximum atomic E-state index is 12.8. The van der Waals surface area contributed by atoms with E-state index in [2.05, 4.69) is 10.2 Å². The molecule has 3 saturated heterocycles. The molecule has 0 aromatic heterocycles. The third kappa shape index (κ3) is 4.66. The lowest BCUT2D eigenvalue weighted by Crippen LogP contribution is -2.51. The molecule has 2 bridgehead atoms. The highest BCUT2D eigenvalue weighted by Crippen LogP contribution is 2.30. The van der Waals surface area contributed by atoms with Crippen LogP contribution in [-0.2, 0) is 20.9 Å². The third-order valence-electron chi connectivity index (χ3n) is 5.35. The zero-order valence-corrected chi connectivity index (χ0v) is 16.3. The molecule has 3 heterocycles. The largest absolute Gasteiger partial charge is 0.347 e. The molecule has 0 unspecified atom stereocenters. The topological polar surface area (TPSA) is 73.0 Å². The SMILES string of the molecule is CC(=O)Nc1ccc(CN2C[C@@H]3CC[C@H](C2)N(CC(=O)N(C)C)C3=O)cc1. The van der Waals surface area contributed by atoms with E-state index in [0.29, 0.717) is 0 Å². The number of amides is 3. The van der Waals surface area contributed by atoms with E-state index in [0.717, 1.165) is 43.7 Å². The highest BCUT2D eigenvalue weighted by atomic mass is 16.2. The van der Waals surface area contributed by atoms with Gasteiger partial charge in [0.25, 0.3) is 0 Å². The van der Waals surface area contributed by atoms with Crippen molar-refractivity contribution in [3.05, 3.63) is 29.8 Å². The van der Waals surface area contributed by atoms with Crippen molar-refractivity contribution in [2.75, 3.05) is 39.0 Å². The first-order valence-corrected chi connectivity index (χ1v) is 9.43. The molecule has 1 aromatic rings. The molecule has 0 aliphatic carbocycles. The summed E-state index contributed by atoms with van der Waals surface area (Å²) >= 11 is 0. The van der Waals surface area contributed by atoms with Gasteiger partial charge in [-0.15, -0.1) is 0 Å². The van der Waals surface area contributed by atoms with E-state index in [1.54, 1.807) is 23.9 Å². The molecule has 7 nitrogen and oxygen atoms in total. The van der Waals surface area contributed by atoms with Crippen LogP contribution >= 0.6 is 0 Å². The number of anilines is 1. The van der Waals surface area contributed by atoms with Crippen LogP contribution in [0.2, 0.25) is 0 Å². The van der Waals surface area contributed by atoms with Gasteiger partial charge in [-0.05, 0) is 30.5 Å². The van der Waals surface area contributed by atoms with Crippen molar-refractivity contribution in [3.8, 4) is 0 Å². The number of nitrogens with zero attached hydrogens (tertiary/aromatic N) is 3. The molecule has 0 saturated carbocycles. The smallest absolute Gasteiger partial charge is 0.241 e. The van der Waals surface area contributed by atoms with Crippen LogP contribution in [0.5, 0.6) is 0 Å². The minimum absolute atomic E-state index is 0.0302. The fraction of sp³-hybridized carbons (Fsp3) is 0.550. The number of piperidine rings is 1. The Labute approximate surface area is 160 Å². The standard InChI is InChI=1S/C20H28N4O3/c1-14(25)21-17-7-4-15(5-8-17)10-23-11-16-6-9-18(12-23)24(20(16)27)13-19(26)22(2)3/h4-5,7-8,16,18H,6,9-13H2,1-3H3,(H,21,25)/t16-,18+/m0/s1. The average Bonchev–Trinajstić information content (AvgIpc) is 2.88. The second kappa shape index (κ2) is 8.08. The summed E-state index contributed by atoms with van der Waals surface area (Å²) in [6.07, 6.45) is 1.85. The second-order valence-electron chi connectivity index (χ2n) is 7.75. The summed E-state index contributed by atoms with van der Waals surface area (Å²) in [5.41, 5.74) is 1.93.